The summed E-state index contributed by atoms with van der Waals surface area (Å²) in [6.07, 6.45) is 1.73. The summed E-state index contributed by atoms with van der Waals surface area (Å²) in [6.45, 7) is 8.15. The van der Waals surface area contributed by atoms with Crippen LogP contribution in [0.15, 0.2) is 24.4 Å². The highest BCUT2D eigenvalue weighted by Crippen LogP contribution is 2.34. The van der Waals surface area contributed by atoms with Gasteiger partial charge in [-0.1, -0.05) is 6.07 Å². The number of nitrogens with zero attached hydrogens (tertiary/aromatic N) is 4. The molecule has 0 aliphatic carbocycles. The molecule has 10 nitrogen and oxygen atoms in total. The van der Waals surface area contributed by atoms with Gasteiger partial charge in [-0.25, -0.2) is 9.97 Å². The van der Waals surface area contributed by atoms with Crippen molar-refractivity contribution in [3.8, 4) is 0 Å². The van der Waals surface area contributed by atoms with Crippen LogP contribution in [-0.2, 0) is 9.47 Å². The van der Waals surface area contributed by atoms with Gasteiger partial charge >= 0.3 is 0 Å². The lowest BCUT2D eigenvalue weighted by atomic mass is 9.89. The quantitative estimate of drug-likeness (QED) is 0.296. The Morgan fingerprint density at radius 3 is 2.77 bits per heavy atom. The minimum absolute atomic E-state index is 0.184. The summed E-state index contributed by atoms with van der Waals surface area (Å²) in [5.41, 5.74) is 1.49. The van der Waals surface area contributed by atoms with E-state index in [1.165, 1.54) is 0 Å². The molecule has 2 aliphatic rings. The normalized spacial score (nSPS) is 19.2. The van der Waals surface area contributed by atoms with Crippen LogP contribution in [0, 0.1) is 5.41 Å². The fraction of sp³-hybridized carbons (Fsp3) is 0.524. The molecule has 0 aromatic carbocycles. The maximum absolute atomic E-state index is 8.62. The smallest absolute Gasteiger partial charge is 0.228 e. The molecule has 10 heteroatoms. The fourth-order valence-electron chi connectivity index (χ4n) is 3.62. The van der Waals surface area contributed by atoms with Crippen molar-refractivity contribution in [3.63, 3.8) is 0 Å². The van der Waals surface area contributed by atoms with E-state index in [0.29, 0.717) is 73.1 Å². The van der Waals surface area contributed by atoms with Gasteiger partial charge in [0.1, 0.15) is 17.2 Å². The number of rotatable bonds is 12. The van der Waals surface area contributed by atoms with Crippen molar-refractivity contribution in [1.82, 2.24) is 20.3 Å². The topological polar surface area (TPSA) is 120 Å². The van der Waals surface area contributed by atoms with Gasteiger partial charge in [0, 0.05) is 45.1 Å². The summed E-state index contributed by atoms with van der Waals surface area (Å²) < 4.78 is 11.0. The van der Waals surface area contributed by atoms with Gasteiger partial charge in [0.05, 0.1) is 25.0 Å². The summed E-state index contributed by atoms with van der Waals surface area (Å²) in [7, 11) is 0. The van der Waals surface area contributed by atoms with Crippen LogP contribution >= 0.6 is 0 Å². The molecule has 0 spiro atoms. The Kier molecular flexibility index (Phi) is 6.90. The molecule has 2 atom stereocenters. The molecule has 0 saturated carbocycles. The molecule has 2 aromatic rings. The van der Waals surface area contributed by atoms with Crippen molar-refractivity contribution in [2.24, 2.45) is 0 Å². The van der Waals surface area contributed by atoms with Gasteiger partial charge in [-0.15, -0.1) is 0 Å². The highest BCUT2D eigenvalue weighted by atomic mass is 16.5. The predicted octanol–water partition coefficient (Wildman–Crippen LogP) is 1.63. The van der Waals surface area contributed by atoms with Gasteiger partial charge in [0.25, 0.3) is 0 Å². The Morgan fingerprint density at radius 1 is 1.26 bits per heavy atom. The second-order valence-electron chi connectivity index (χ2n) is 7.41. The first-order valence-corrected chi connectivity index (χ1v) is 10.8. The van der Waals surface area contributed by atoms with Gasteiger partial charge in [-0.3, -0.25) is 0 Å². The number of aromatic nitrogens is 3. The highest BCUT2D eigenvalue weighted by molar-refractivity contribution is 6.04. The SMILES string of the molecule is CCOCCNc1c(Nc2ccccn2)nc(N2CC3NC[C@H]32)nc1C(=N)COCC. The largest absolute Gasteiger partial charge is 0.380 e. The lowest BCUT2D eigenvalue weighted by Crippen LogP contribution is -2.78. The van der Waals surface area contributed by atoms with Crippen LogP contribution in [0.25, 0.3) is 0 Å². The van der Waals surface area contributed by atoms with Gasteiger partial charge in [0.2, 0.25) is 5.95 Å². The second-order valence-corrected chi connectivity index (χ2v) is 7.41. The number of fused-ring (bicyclic) bond motifs is 1. The highest BCUT2D eigenvalue weighted by Gasteiger charge is 2.47. The molecule has 4 heterocycles. The van der Waals surface area contributed by atoms with Crippen LogP contribution in [0.4, 0.5) is 23.3 Å². The first-order valence-electron chi connectivity index (χ1n) is 10.8. The van der Waals surface area contributed by atoms with Gasteiger partial charge in [-0.05, 0) is 26.0 Å². The molecule has 2 fully saturated rings. The zero-order chi connectivity index (χ0) is 21.6. The van der Waals surface area contributed by atoms with E-state index in [0.717, 1.165) is 13.1 Å². The number of pyridine rings is 1. The number of anilines is 4. The number of hydrogen-bond donors (Lipinski definition) is 4. The van der Waals surface area contributed by atoms with Crippen LogP contribution in [0.3, 0.4) is 0 Å². The second kappa shape index (κ2) is 9.99. The molecule has 2 aromatic heterocycles. The first-order chi connectivity index (χ1) is 15.2. The third-order valence-electron chi connectivity index (χ3n) is 5.40. The third kappa shape index (κ3) is 4.76. The van der Waals surface area contributed by atoms with E-state index < -0.39 is 0 Å². The van der Waals surface area contributed by atoms with Crippen molar-refractivity contribution < 1.29 is 9.47 Å². The van der Waals surface area contributed by atoms with Crippen molar-refractivity contribution in [1.29, 1.82) is 5.41 Å². The third-order valence-corrected chi connectivity index (χ3v) is 5.40. The minimum atomic E-state index is 0.184. The van der Waals surface area contributed by atoms with Crippen molar-refractivity contribution >= 4 is 29.0 Å². The van der Waals surface area contributed by atoms with Crippen LogP contribution in [0.5, 0.6) is 0 Å². The molecule has 2 saturated heterocycles. The zero-order valence-electron chi connectivity index (χ0n) is 18.0. The van der Waals surface area contributed by atoms with Crippen LogP contribution in [0.2, 0.25) is 0 Å². The lowest BCUT2D eigenvalue weighted by molar-refractivity contribution is 0.158. The van der Waals surface area contributed by atoms with Crippen molar-refractivity contribution in [2.75, 3.05) is 61.6 Å². The van der Waals surface area contributed by atoms with E-state index in [4.69, 9.17) is 24.9 Å². The molecular weight excluding hydrogens is 396 g/mol. The summed E-state index contributed by atoms with van der Waals surface area (Å²) in [5.74, 6) is 1.88. The van der Waals surface area contributed by atoms with E-state index in [1.54, 1.807) is 6.20 Å². The van der Waals surface area contributed by atoms with Gasteiger partial charge in [0.15, 0.2) is 5.82 Å². The molecular formula is C21H30N8O2. The monoisotopic (exact) mass is 426 g/mol. The summed E-state index contributed by atoms with van der Waals surface area (Å²) in [4.78, 5) is 16.2. The van der Waals surface area contributed by atoms with Gasteiger partial charge in [-0.2, -0.15) is 4.98 Å². The van der Waals surface area contributed by atoms with Crippen LogP contribution < -0.4 is 20.9 Å². The molecule has 4 N–H and O–H groups in total. The number of nitrogens with one attached hydrogen (secondary N) is 4. The summed E-state index contributed by atoms with van der Waals surface area (Å²) in [5, 5.41) is 18.7. The molecule has 1 unspecified atom stereocenters. The molecule has 31 heavy (non-hydrogen) atoms. The number of hydrogen-bond acceptors (Lipinski definition) is 10. The summed E-state index contributed by atoms with van der Waals surface area (Å²) >= 11 is 0. The average Bonchev–Trinajstić information content (AvgIpc) is 2.78. The summed E-state index contributed by atoms with van der Waals surface area (Å²) in [6, 6.07) is 6.58. The van der Waals surface area contributed by atoms with Gasteiger partial charge < -0.3 is 35.7 Å². The zero-order valence-corrected chi connectivity index (χ0v) is 18.0. The van der Waals surface area contributed by atoms with Crippen molar-refractivity contribution in [2.45, 2.75) is 25.9 Å². The lowest BCUT2D eigenvalue weighted by Gasteiger charge is -2.56. The maximum Gasteiger partial charge on any atom is 0.228 e. The van der Waals surface area contributed by atoms with E-state index in [1.807, 2.05) is 32.0 Å². The molecule has 0 amide bonds. The number of ether oxygens (including phenoxy) is 2. The minimum Gasteiger partial charge on any atom is -0.380 e. The Bertz CT molecular complexity index is 894. The molecule has 166 valence electrons. The first kappa shape index (κ1) is 21.4. The fourth-order valence-corrected chi connectivity index (χ4v) is 3.62. The van der Waals surface area contributed by atoms with E-state index >= 15 is 0 Å². The average molecular weight is 427 g/mol. The van der Waals surface area contributed by atoms with E-state index in [-0.39, 0.29) is 6.61 Å². The van der Waals surface area contributed by atoms with Crippen molar-refractivity contribution in [3.05, 3.63) is 30.1 Å². The Balaban J connectivity index is 1.69. The molecule has 0 radical (unpaired) electrons. The predicted molar refractivity (Wildman–Crippen MR) is 121 cm³/mol. The molecule has 0 bridgehead atoms. The Morgan fingerprint density at radius 2 is 2.13 bits per heavy atom. The van der Waals surface area contributed by atoms with E-state index in [9.17, 15) is 0 Å². The maximum atomic E-state index is 8.62. The van der Waals surface area contributed by atoms with Crippen LogP contribution in [0.1, 0.15) is 19.5 Å². The Hall–Kier alpha value is -2.82. The van der Waals surface area contributed by atoms with E-state index in [2.05, 4.69) is 25.8 Å². The molecule has 2 aliphatic heterocycles. The van der Waals surface area contributed by atoms with Crippen LogP contribution in [-0.4, -0.2) is 78.8 Å². The molecule has 4 rings (SSSR count). The Labute approximate surface area is 182 Å². The number of piperazine rings is 1. The standard InChI is InChI=1S/C21H30N8O2/c1-3-30-10-9-24-19-18(14(22)13-31-4-2)27-21(29-12-15-16(29)11-25-15)28-20(19)26-17-7-5-6-8-23-17/h5-8,15-16,22,24-25H,3-4,9-13H2,1-2H3,(H,23,26,27,28)/t15?,16-/m1/s1.